The van der Waals surface area contributed by atoms with Crippen molar-refractivity contribution in [2.45, 2.75) is 13.5 Å². The zero-order valence-corrected chi connectivity index (χ0v) is 18.4. The fourth-order valence-electron chi connectivity index (χ4n) is 3.99. The van der Waals surface area contributed by atoms with Crippen molar-refractivity contribution >= 4 is 22.1 Å². The Morgan fingerprint density at radius 2 is 1.71 bits per heavy atom. The average molecular weight is 448 g/mol. The molecule has 0 aliphatic heterocycles. The van der Waals surface area contributed by atoms with Crippen molar-refractivity contribution in [1.82, 2.24) is 45.4 Å². The van der Waals surface area contributed by atoms with Gasteiger partial charge in [-0.05, 0) is 48.5 Å². The molecule has 0 aliphatic rings. The van der Waals surface area contributed by atoms with Crippen molar-refractivity contribution in [2.75, 3.05) is 6.54 Å². The van der Waals surface area contributed by atoms with Crippen LogP contribution < -0.4 is 5.32 Å². The molecule has 0 unspecified atom stereocenters. The number of imidazole rings is 1. The van der Waals surface area contributed by atoms with Crippen molar-refractivity contribution in [2.24, 2.45) is 0 Å². The Morgan fingerprint density at radius 1 is 0.824 bits per heavy atom. The molecule has 0 atom stereocenters. The number of pyridine rings is 4. The first-order valence-corrected chi connectivity index (χ1v) is 11.1. The van der Waals surface area contributed by atoms with Gasteiger partial charge in [-0.1, -0.05) is 6.92 Å². The van der Waals surface area contributed by atoms with Gasteiger partial charge in [0.05, 0.1) is 22.4 Å². The highest BCUT2D eigenvalue weighted by atomic mass is 15.2. The lowest BCUT2D eigenvalue weighted by atomic mass is 10.1. The molecule has 9 heteroatoms. The SMILES string of the molecule is CCNCc1cncc(-c2ccc3[nH]nc(-c4nc5c(-c6ccncc6)nccc5[nH]4)c3n2)c1. The Morgan fingerprint density at radius 3 is 2.59 bits per heavy atom. The Kier molecular flexibility index (Phi) is 5.00. The van der Waals surface area contributed by atoms with Gasteiger partial charge in [0.1, 0.15) is 11.0 Å². The summed E-state index contributed by atoms with van der Waals surface area (Å²) in [6.07, 6.45) is 8.97. The van der Waals surface area contributed by atoms with E-state index in [9.17, 15) is 0 Å². The Labute approximate surface area is 194 Å². The van der Waals surface area contributed by atoms with Crippen molar-refractivity contribution in [3.63, 3.8) is 0 Å². The molecule has 6 rings (SSSR count). The number of fused-ring (bicyclic) bond motifs is 2. The molecule has 0 saturated carbocycles. The molecule has 166 valence electrons. The zero-order chi connectivity index (χ0) is 22.9. The van der Waals surface area contributed by atoms with Crippen molar-refractivity contribution in [3.8, 4) is 34.0 Å². The van der Waals surface area contributed by atoms with Gasteiger partial charge in [0.15, 0.2) is 11.5 Å². The van der Waals surface area contributed by atoms with Crippen molar-refractivity contribution < 1.29 is 0 Å². The topological polar surface area (TPSA) is 121 Å². The molecular weight excluding hydrogens is 426 g/mol. The second-order valence-electron chi connectivity index (χ2n) is 7.90. The lowest BCUT2D eigenvalue weighted by Crippen LogP contribution is -2.11. The molecule has 0 amide bonds. The average Bonchev–Trinajstić information content (AvgIpc) is 3.51. The second kappa shape index (κ2) is 8.45. The number of hydrogen-bond donors (Lipinski definition) is 3. The molecule has 34 heavy (non-hydrogen) atoms. The Balaban J connectivity index is 1.44. The Bertz CT molecular complexity index is 1600. The second-order valence-corrected chi connectivity index (χ2v) is 7.90. The summed E-state index contributed by atoms with van der Waals surface area (Å²) in [5.74, 6) is 0.633. The highest BCUT2D eigenvalue weighted by molar-refractivity contribution is 5.95. The number of rotatable bonds is 6. The molecular formula is C25H21N9. The molecule has 0 spiro atoms. The summed E-state index contributed by atoms with van der Waals surface area (Å²) < 4.78 is 0. The van der Waals surface area contributed by atoms with E-state index in [1.807, 2.05) is 42.7 Å². The summed E-state index contributed by atoms with van der Waals surface area (Å²) in [5, 5.41) is 10.9. The van der Waals surface area contributed by atoms with Crippen LogP contribution in [0.3, 0.4) is 0 Å². The standard InChI is InChI=1S/C25H21N9/c1-2-26-12-15-11-17(14-28-13-15)18-3-4-20-23(30-18)24(34-33-20)25-31-19-7-10-29-21(22(19)32-25)16-5-8-27-9-6-16/h3-11,13-14,26H,2,12H2,1H3,(H,31,32)(H,33,34). The lowest BCUT2D eigenvalue weighted by Gasteiger charge is -2.05. The number of nitrogens with zero attached hydrogens (tertiary/aromatic N) is 6. The van der Waals surface area contributed by atoms with E-state index in [0.29, 0.717) is 11.5 Å². The minimum atomic E-state index is 0.633. The number of nitrogens with one attached hydrogen (secondary N) is 3. The van der Waals surface area contributed by atoms with E-state index in [2.05, 4.69) is 48.4 Å². The fraction of sp³-hybridized carbons (Fsp3) is 0.120. The van der Waals surface area contributed by atoms with E-state index < -0.39 is 0 Å². The third kappa shape index (κ3) is 3.57. The Hall–Kier alpha value is -4.50. The van der Waals surface area contributed by atoms with E-state index in [4.69, 9.17) is 9.97 Å². The third-order valence-electron chi connectivity index (χ3n) is 5.66. The normalized spacial score (nSPS) is 11.4. The van der Waals surface area contributed by atoms with E-state index in [-0.39, 0.29) is 0 Å². The molecule has 0 aromatic carbocycles. The van der Waals surface area contributed by atoms with Gasteiger partial charge in [-0.25, -0.2) is 9.97 Å². The minimum Gasteiger partial charge on any atom is -0.336 e. The van der Waals surface area contributed by atoms with Crippen LogP contribution in [0.25, 0.3) is 56.1 Å². The molecule has 0 radical (unpaired) electrons. The van der Waals surface area contributed by atoms with Crippen LogP contribution in [0.1, 0.15) is 12.5 Å². The predicted octanol–water partition coefficient (Wildman–Crippen LogP) is 4.13. The van der Waals surface area contributed by atoms with Crippen LogP contribution in [-0.2, 0) is 6.54 Å². The van der Waals surface area contributed by atoms with Crippen LogP contribution in [0.5, 0.6) is 0 Å². The molecule has 0 bridgehead atoms. The molecule has 0 saturated heterocycles. The van der Waals surface area contributed by atoms with E-state index >= 15 is 0 Å². The molecule has 0 aliphatic carbocycles. The number of H-pyrrole nitrogens is 2. The highest BCUT2D eigenvalue weighted by Gasteiger charge is 2.17. The molecule has 6 aromatic heterocycles. The summed E-state index contributed by atoms with van der Waals surface area (Å²) in [5.41, 5.74) is 8.54. The van der Waals surface area contributed by atoms with Crippen LogP contribution >= 0.6 is 0 Å². The lowest BCUT2D eigenvalue weighted by molar-refractivity contribution is 0.724. The van der Waals surface area contributed by atoms with Gasteiger partial charge in [0, 0.05) is 48.7 Å². The third-order valence-corrected chi connectivity index (χ3v) is 5.66. The van der Waals surface area contributed by atoms with Crippen molar-refractivity contribution in [1.29, 1.82) is 0 Å². The predicted molar refractivity (Wildman–Crippen MR) is 131 cm³/mol. The minimum absolute atomic E-state index is 0.633. The van der Waals surface area contributed by atoms with E-state index in [1.54, 1.807) is 18.6 Å². The van der Waals surface area contributed by atoms with Crippen LogP contribution in [-0.4, -0.2) is 46.6 Å². The smallest absolute Gasteiger partial charge is 0.161 e. The molecule has 9 nitrogen and oxygen atoms in total. The molecule has 0 fully saturated rings. The van der Waals surface area contributed by atoms with Crippen LogP contribution in [0.2, 0.25) is 0 Å². The molecule has 3 N–H and O–H groups in total. The first kappa shape index (κ1) is 20.1. The number of aromatic amines is 2. The first-order chi connectivity index (χ1) is 16.8. The van der Waals surface area contributed by atoms with Gasteiger partial charge in [-0.2, -0.15) is 5.10 Å². The van der Waals surface area contributed by atoms with Crippen LogP contribution in [0.15, 0.2) is 67.4 Å². The molecule has 6 heterocycles. The van der Waals surface area contributed by atoms with Crippen LogP contribution in [0.4, 0.5) is 0 Å². The largest absolute Gasteiger partial charge is 0.336 e. The fourth-order valence-corrected chi connectivity index (χ4v) is 3.99. The summed E-state index contributed by atoms with van der Waals surface area (Å²) in [4.78, 5) is 26.2. The van der Waals surface area contributed by atoms with E-state index in [1.165, 1.54) is 0 Å². The summed E-state index contributed by atoms with van der Waals surface area (Å²) in [6.45, 7) is 3.76. The maximum absolute atomic E-state index is 4.92. The van der Waals surface area contributed by atoms with Gasteiger partial charge in [-0.15, -0.1) is 0 Å². The van der Waals surface area contributed by atoms with Crippen molar-refractivity contribution in [3.05, 3.63) is 72.9 Å². The van der Waals surface area contributed by atoms with Gasteiger partial charge in [-0.3, -0.25) is 20.1 Å². The zero-order valence-electron chi connectivity index (χ0n) is 18.4. The number of aromatic nitrogens is 8. The summed E-state index contributed by atoms with van der Waals surface area (Å²) >= 11 is 0. The van der Waals surface area contributed by atoms with E-state index in [0.717, 1.165) is 63.2 Å². The number of hydrogen-bond acceptors (Lipinski definition) is 7. The monoisotopic (exact) mass is 447 g/mol. The highest BCUT2D eigenvalue weighted by Crippen LogP contribution is 2.30. The quantitative estimate of drug-likeness (QED) is 0.351. The van der Waals surface area contributed by atoms with Gasteiger partial charge in [0.2, 0.25) is 0 Å². The maximum atomic E-state index is 4.92. The summed E-state index contributed by atoms with van der Waals surface area (Å²) in [6, 6.07) is 11.8. The van der Waals surface area contributed by atoms with Gasteiger partial charge in [0.25, 0.3) is 0 Å². The van der Waals surface area contributed by atoms with Crippen LogP contribution in [0, 0.1) is 0 Å². The first-order valence-electron chi connectivity index (χ1n) is 11.1. The molecule has 6 aromatic rings. The van der Waals surface area contributed by atoms with Gasteiger partial charge >= 0.3 is 0 Å². The van der Waals surface area contributed by atoms with Gasteiger partial charge < -0.3 is 10.3 Å². The summed E-state index contributed by atoms with van der Waals surface area (Å²) in [7, 11) is 0. The maximum Gasteiger partial charge on any atom is 0.161 e.